The van der Waals surface area contributed by atoms with Crippen LogP contribution in [0.25, 0.3) is 5.76 Å². The van der Waals surface area contributed by atoms with Crippen molar-refractivity contribution in [2.45, 2.75) is 26.0 Å². The number of nitrogens with zero attached hydrogens (tertiary/aromatic N) is 2. The number of aliphatic hydroxyl groups is 1. The molecule has 0 saturated carbocycles. The largest absolute Gasteiger partial charge is 0.507 e. The van der Waals surface area contributed by atoms with E-state index in [0.29, 0.717) is 66.7 Å². The van der Waals surface area contributed by atoms with Gasteiger partial charge in [-0.15, -0.1) is 0 Å². The number of amides is 1. The normalized spacial score (nSPS) is 18.6. The van der Waals surface area contributed by atoms with E-state index in [-0.39, 0.29) is 11.3 Å². The minimum Gasteiger partial charge on any atom is -0.507 e. The van der Waals surface area contributed by atoms with E-state index >= 15 is 0 Å². The van der Waals surface area contributed by atoms with Crippen molar-refractivity contribution in [1.29, 1.82) is 0 Å². The van der Waals surface area contributed by atoms with Crippen molar-refractivity contribution < 1.29 is 33.6 Å². The molecule has 2 aliphatic rings. The van der Waals surface area contributed by atoms with Gasteiger partial charge < -0.3 is 29.0 Å². The van der Waals surface area contributed by atoms with Gasteiger partial charge in [-0.1, -0.05) is 36.4 Å². The van der Waals surface area contributed by atoms with Crippen LogP contribution < -0.4 is 14.2 Å². The number of ketones is 1. The zero-order valence-corrected chi connectivity index (χ0v) is 24.9. The third kappa shape index (κ3) is 6.68. The highest BCUT2D eigenvalue weighted by Gasteiger charge is 2.46. The molecule has 43 heavy (non-hydrogen) atoms. The molecule has 2 aliphatic heterocycles. The van der Waals surface area contributed by atoms with Gasteiger partial charge in [-0.2, -0.15) is 0 Å². The Hall–Kier alpha value is -4.34. The second-order valence-electron chi connectivity index (χ2n) is 10.7. The molecule has 0 bridgehead atoms. The molecule has 0 aliphatic carbocycles. The van der Waals surface area contributed by atoms with Crippen LogP contribution in [0.1, 0.15) is 34.7 Å². The van der Waals surface area contributed by atoms with Crippen molar-refractivity contribution in [3.05, 3.63) is 94.6 Å². The monoisotopic (exact) mass is 586 g/mol. The summed E-state index contributed by atoms with van der Waals surface area (Å²) in [6.07, 6.45) is 0.670. The molecule has 2 saturated heterocycles. The van der Waals surface area contributed by atoms with E-state index < -0.39 is 17.7 Å². The molecular weight excluding hydrogens is 548 g/mol. The zero-order chi connectivity index (χ0) is 30.3. The molecular formula is C34H38N2O7. The lowest BCUT2D eigenvalue weighted by atomic mass is 9.93. The predicted molar refractivity (Wildman–Crippen MR) is 162 cm³/mol. The standard InChI is InChI=1S/C34H38N2O7/c1-23-20-26(43-22-24-8-5-4-6-9-24)11-12-27(23)32(37)30-31(25-10-13-28(40-2)29(21-25)41-3)36(34(39)33(30)38)15-7-14-35-16-18-42-19-17-35/h4-6,8-13,20-21,31,37H,7,14-19,22H2,1-3H3/b32-30+. The van der Waals surface area contributed by atoms with Gasteiger partial charge in [0.05, 0.1) is 39.0 Å². The third-order valence-electron chi connectivity index (χ3n) is 7.94. The number of hydrogen-bond donors (Lipinski definition) is 1. The van der Waals surface area contributed by atoms with Crippen LogP contribution >= 0.6 is 0 Å². The van der Waals surface area contributed by atoms with Gasteiger partial charge in [-0.3, -0.25) is 14.5 Å². The van der Waals surface area contributed by atoms with Crippen LogP contribution in [0, 0.1) is 6.92 Å². The number of Topliss-reactive ketones (excluding diaryl/α,β-unsaturated/α-hetero) is 1. The number of aryl methyl sites for hydroxylation is 1. The van der Waals surface area contributed by atoms with Crippen LogP contribution in [0.5, 0.6) is 17.2 Å². The van der Waals surface area contributed by atoms with E-state index in [1.807, 2.05) is 43.3 Å². The Morgan fingerprint density at radius 2 is 1.67 bits per heavy atom. The second kappa shape index (κ2) is 13.8. The van der Waals surface area contributed by atoms with Crippen LogP contribution in [-0.2, 0) is 20.9 Å². The number of carbonyl (C=O) groups excluding carboxylic acids is 2. The van der Waals surface area contributed by atoms with Crippen LogP contribution in [0.15, 0.2) is 72.3 Å². The molecule has 226 valence electrons. The Kier molecular flexibility index (Phi) is 9.64. The third-order valence-corrected chi connectivity index (χ3v) is 7.94. The second-order valence-corrected chi connectivity index (χ2v) is 10.7. The minimum atomic E-state index is -0.794. The molecule has 3 aromatic carbocycles. The average Bonchev–Trinajstić information content (AvgIpc) is 3.29. The molecule has 1 amide bonds. The maximum atomic E-state index is 13.6. The summed E-state index contributed by atoms with van der Waals surface area (Å²) < 4.78 is 22.3. The molecule has 5 rings (SSSR count). The van der Waals surface area contributed by atoms with Crippen molar-refractivity contribution in [1.82, 2.24) is 9.80 Å². The molecule has 9 nitrogen and oxygen atoms in total. The lowest BCUT2D eigenvalue weighted by Crippen LogP contribution is -2.39. The first-order chi connectivity index (χ1) is 20.9. The summed E-state index contributed by atoms with van der Waals surface area (Å²) in [7, 11) is 3.08. The van der Waals surface area contributed by atoms with Crippen LogP contribution in [0.4, 0.5) is 0 Å². The van der Waals surface area contributed by atoms with Crippen molar-refractivity contribution in [2.75, 3.05) is 53.6 Å². The Bertz CT molecular complexity index is 1480. The molecule has 3 aromatic rings. The van der Waals surface area contributed by atoms with Crippen LogP contribution in [0.2, 0.25) is 0 Å². The van der Waals surface area contributed by atoms with Crippen molar-refractivity contribution in [3.63, 3.8) is 0 Å². The Morgan fingerprint density at radius 1 is 0.930 bits per heavy atom. The molecule has 1 N–H and O–H groups in total. The van der Waals surface area contributed by atoms with E-state index in [4.69, 9.17) is 18.9 Å². The number of benzene rings is 3. The summed E-state index contributed by atoms with van der Waals surface area (Å²) in [5.41, 5.74) is 2.90. The Morgan fingerprint density at radius 3 is 2.37 bits per heavy atom. The summed E-state index contributed by atoms with van der Waals surface area (Å²) >= 11 is 0. The molecule has 2 fully saturated rings. The Balaban J connectivity index is 1.47. The van der Waals surface area contributed by atoms with E-state index in [1.165, 1.54) is 7.11 Å². The van der Waals surface area contributed by atoms with Crippen LogP contribution in [-0.4, -0.2) is 80.2 Å². The highest BCUT2D eigenvalue weighted by Crippen LogP contribution is 2.42. The quantitative estimate of drug-likeness (QED) is 0.196. The lowest BCUT2D eigenvalue weighted by Gasteiger charge is -2.29. The minimum absolute atomic E-state index is 0.0460. The number of aliphatic hydroxyl groups excluding tert-OH is 1. The number of hydrogen-bond acceptors (Lipinski definition) is 8. The smallest absolute Gasteiger partial charge is 0.295 e. The summed E-state index contributed by atoms with van der Waals surface area (Å²) in [6.45, 7) is 6.41. The van der Waals surface area contributed by atoms with E-state index in [0.717, 1.165) is 25.2 Å². The van der Waals surface area contributed by atoms with Crippen molar-refractivity contribution in [2.24, 2.45) is 0 Å². The predicted octanol–water partition coefficient (Wildman–Crippen LogP) is 4.74. The summed E-state index contributed by atoms with van der Waals surface area (Å²) in [6, 6.07) is 19.6. The molecule has 9 heteroatoms. The topological polar surface area (TPSA) is 97.8 Å². The van der Waals surface area contributed by atoms with Gasteiger partial charge in [0.15, 0.2) is 11.5 Å². The van der Waals surface area contributed by atoms with E-state index in [1.54, 1.807) is 42.3 Å². The number of likely N-dealkylation sites (tertiary alicyclic amines) is 1. The number of carbonyl (C=O) groups is 2. The maximum absolute atomic E-state index is 13.6. The fourth-order valence-corrected chi connectivity index (χ4v) is 5.65. The van der Waals surface area contributed by atoms with Gasteiger partial charge in [-0.05, 0) is 60.4 Å². The van der Waals surface area contributed by atoms with Crippen molar-refractivity contribution in [3.8, 4) is 17.2 Å². The molecule has 0 radical (unpaired) electrons. The number of ether oxygens (including phenoxy) is 4. The summed E-state index contributed by atoms with van der Waals surface area (Å²) in [4.78, 5) is 30.9. The Labute approximate surface area is 252 Å². The molecule has 0 aromatic heterocycles. The number of morpholine rings is 1. The van der Waals surface area contributed by atoms with Gasteiger partial charge in [0.25, 0.3) is 11.7 Å². The average molecular weight is 587 g/mol. The fraction of sp³-hybridized carbons (Fsp3) is 0.353. The summed E-state index contributed by atoms with van der Waals surface area (Å²) in [5, 5.41) is 11.7. The van der Waals surface area contributed by atoms with Crippen molar-refractivity contribution >= 4 is 17.4 Å². The molecule has 2 heterocycles. The SMILES string of the molecule is COc1ccc(C2/C(=C(\O)c3ccc(OCc4ccccc4)cc3C)C(=O)C(=O)N2CCCN2CCOCC2)cc1OC. The fourth-order valence-electron chi connectivity index (χ4n) is 5.65. The first-order valence-corrected chi connectivity index (χ1v) is 14.5. The number of rotatable bonds is 11. The van der Waals surface area contributed by atoms with Gasteiger partial charge in [-0.25, -0.2) is 0 Å². The molecule has 1 atom stereocenters. The maximum Gasteiger partial charge on any atom is 0.295 e. The van der Waals surface area contributed by atoms with E-state index in [2.05, 4.69) is 4.90 Å². The summed E-state index contributed by atoms with van der Waals surface area (Å²) in [5.74, 6) is 0.0579. The van der Waals surface area contributed by atoms with Gasteiger partial charge in [0.2, 0.25) is 0 Å². The van der Waals surface area contributed by atoms with Gasteiger partial charge in [0, 0.05) is 31.7 Å². The lowest BCUT2D eigenvalue weighted by molar-refractivity contribution is -0.140. The first-order valence-electron chi connectivity index (χ1n) is 14.5. The van der Waals surface area contributed by atoms with Crippen LogP contribution in [0.3, 0.4) is 0 Å². The molecule has 1 unspecified atom stereocenters. The first kappa shape index (κ1) is 30.1. The highest BCUT2D eigenvalue weighted by molar-refractivity contribution is 6.46. The number of methoxy groups -OCH3 is 2. The molecule has 0 spiro atoms. The highest BCUT2D eigenvalue weighted by atomic mass is 16.5. The zero-order valence-electron chi connectivity index (χ0n) is 24.9. The van der Waals surface area contributed by atoms with Gasteiger partial charge >= 0.3 is 0 Å². The van der Waals surface area contributed by atoms with E-state index in [9.17, 15) is 14.7 Å². The van der Waals surface area contributed by atoms with Gasteiger partial charge in [0.1, 0.15) is 18.1 Å².